The lowest BCUT2D eigenvalue weighted by Crippen LogP contribution is -2.75. The van der Waals surface area contributed by atoms with Crippen molar-refractivity contribution in [1.29, 1.82) is 0 Å². The summed E-state index contributed by atoms with van der Waals surface area (Å²) >= 11 is 0. The quantitative estimate of drug-likeness (QED) is 0.405. The zero-order valence-corrected chi connectivity index (χ0v) is 26.7. The molecule has 1 saturated heterocycles. The molecule has 0 amide bonds. The average molecular weight is 626 g/mol. The molecule has 4 saturated carbocycles. The molecule has 7 rings (SSSR count). The zero-order valence-electron chi connectivity index (χ0n) is 26.7. The second kappa shape index (κ2) is 10.3. The smallest absolute Gasteiger partial charge is 0.338 e. The molecule has 1 N–H and O–H groups in total. The minimum atomic E-state index is -1.57. The summed E-state index contributed by atoms with van der Waals surface area (Å²) in [6.07, 6.45) is 1.84. The van der Waals surface area contributed by atoms with E-state index in [9.17, 15) is 19.5 Å². The van der Waals surface area contributed by atoms with Crippen LogP contribution in [0.5, 0.6) is 5.75 Å². The highest BCUT2D eigenvalue weighted by atomic mass is 16.6. The molecule has 5 aliphatic carbocycles. The number of ether oxygens (including phenoxy) is 6. The van der Waals surface area contributed by atoms with Crippen molar-refractivity contribution in [3.63, 3.8) is 0 Å². The van der Waals surface area contributed by atoms with Gasteiger partial charge in [0.05, 0.1) is 36.9 Å². The van der Waals surface area contributed by atoms with Gasteiger partial charge in [-0.15, -0.1) is 0 Å². The first-order valence-electron chi connectivity index (χ1n) is 15.8. The van der Waals surface area contributed by atoms with Gasteiger partial charge >= 0.3 is 11.9 Å². The molecule has 45 heavy (non-hydrogen) atoms. The lowest BCUT2D eigenvalue weighted by Gasteiger charge is -2.65. The van der Waals surface area contributed by atoms with E-state index < -0.39 is 64.1 Å². The number of fused-ring (bicyclic) bond motifs is 2. The van der Waals surface area contributed by atoms with Crippen molar-refractivity contribution in [2.75, 3.05) is 48.1 Å². The highest BCUT2D eigenvalue weighted by Crippen LogP contribution is 2.79. The molecule has 1 aromatic carbocycles. The Morgan fingerprint density at radius 2 is 1.78 bits per heavy atom. The Kier molecular flexibility index (Phi) is 7.08. The van der Waals surface area contributed by atoms with Gasteiger partial charge in [0.1, 0.15) is 23.1 Å². The first kappa shape index (κ1) is 30.8. The van der Waals surface area contributed by atoms with Crippen molar-refractivity contribution in [3.8, 4) is 5.75 Å². The normalized spacial score (nSPS) is 45.4. The second-order valence-corrected chi connectivity index (χ2v) is 13.9. The molecule has 1 aliphatic heterocycles. The van der Waals surface area contributed by atoms with E-state index in [1.807, 2.05) is 6.08 Å². The van der Waals surface area contributed by atoms with Crippen LogP contribution in [-0.4, -0.2) is 111 Å². The number of carbonyl (C=O) groups excluding carboxylic acids is 3. The standard InChI is InChI=1S/C34H43NO10/c1-7-35-16-31(17-40-3)22(37)12-13-32-21-14-33(39)23(42-5)15-34(45-18(2)36,25(28(32)35)26(43-6)27(31)32)24(21)29(33)44-30(38)19-8-10-20(41-4)11-9-19/h8-13,21,23-29,39H,7,14-17H2,1-6H3/t21-,23+,24-,25?,26?,27-,28-,29-,31+,32-,33+,34-/m1/s1. The van der Waals surface area contributed by atoms with E-state index in [4.69, 9.17) is 28.4 Å². The van der Waals surface area contributed by atoms with Gasteiger partial charge in [0, 0.05) is 70.4 Å². The lowest BCUT2D eigenvalue weighted by atomic mass is 9.46. The third-order valence-electron chi connectivity index (χ3n) is 12.5. The Balaban J connectivity index is 1.45. The van der Waals surface area contributed by atoms with Crippen molar-refractivity contribution in [1.82, 2.24) is 4.90 Å². The predicted octanol–water partition coefficient (Wildman–Crippen LogP) is 2.05. The molecule has 2 unspecified atom stereocenters. The fourth-order valence-electron chi connectivity index (χ4n) is 11.4. The molecule has 11 heteroatoms. The Morgan fingerprint density at radius 1 is 1.04 bits per heavy atom. The van der Waals surface area contributed by atoms with E-state index in [2.05, 4.69) is 11.8 Å². The van der Waals surface area contributed by atoms with E-state index in [1.165, 1.54) is 14.0 Å². The Hall–Kier alpha value is -2.83. The van der Waals surface area contributed by atoms with E-state index in [1.54, 1.807) is 51.7 Å². The third-order valence-corrected chi connectivity index (χ3v) is 12.5. The maximum absolute atomic E-state index is 14.0. The van der Waals surface area contributed by atoms with Gasteiger partial charge in [0.25, 0.3) is 0 Å². The lowest BCUT2D eigenvalue weighted by molar-refractivity contribution is -0.265. The molecule has 12 atom stereocenters. The molecule has 11 nitrogen and oxygen atoms in total. The van der Waals surface area contributed by atoms with E-state index >= 15 is 0 Å². The van der Waals surface area contributed by atoms with Crippen LogP contribution >= 0.6 is 0 Å². The summed E-state index contributed by atoms with van der Waals surface area (Å²) in [5, 5.41) is 12.6. The van der Waals surface area contributed by atoms with Crippen molar-refractivity contribution in [3.05, 3.63) is 42.0 Å². The molecule has 1 aromatic rings. The first-order chi connectivity index (χ1) is 21.5. The molecule has 1 spiro atoms. The van der Waals surface area contributed by atoms with Crippen LogP contribution < -0.4 is 4.74 Å². The van der Waals surface area contributed by atoms with Crippen molar-refractivity contribution in [2.45, 2.75) is 62.2 Å². The molecule has 7 bridgehead atoms. The van der Waals surface area contributed by atoms with Crippen LogP contribution in [0, 0.1) is 34.5 Å². The summed E-state index contributed by atoms with van der Waals surface area (Å²) in [5.41, 5.74) is -4.04. The van der Waals surface area contributed by atoms with Gasteiger partial charge in [-0.2, -0.15) is 0 Å². The third kappa shape index (κ3) is 3.67. The highest BCUT2D eigenvalue weighted by Gasteiger charge is 2.88. The summed E-state index contributed by atoms with van der Waals surface area (Å²) < 4.78 is 36.4. The van der Waals surface area contributed by atoms with Crippen molar-refractivity contribution in [2.24, 2.45) is 34.5 Å². The molecule has 0 aromatic heterocycles. The summed E-state index contributed by atoms with van der Waals surface area (Å²) in [4.78, 5) is 43.3. The fraction of sp³-hybridized carbons (Fsp3) is 0.676. The average Bonchev–Trinajstić information content (AvgIpc) is 3.39. The number of esters is 2. The molecular formula is C34H43NO10. The van der Waals surface area contributed by atoms with Gasteiger partial charge in [0.2, 0.25) is 0 Å². The van der Waals surface area contributed by atoms with Crippen LogP contribution in [0.4, 0.5) is 0 Å². The van der Waals surface area contributed by atoms with Crippen LogP contribution in [0.15, 0.2) is 36.4 Å². The highest BCUT2D eigenvalue weighted by molar-refractivity contribution is 5.97. The van der Waals surface area contributed by atoms with Crippen molar-refractivity contribution < 1.29 is 47.9 Å². The Morgan fingerprint density at radius 3 is 2.38 bits per heavy atom. The molecule has 0 radical (unpaired) electrons. The number of methoxy groups -OCH3 is 4. The summed E-state index contributed by atoms with van der Waals surface area (Å²) in [5.74, 6) is -2.13. The van der Waals surface area contributed by atoms with Gasteiger partial charge in [-0.3, -0.25) is 14.5 Å². The Bertz CT molecular complexity index is 1430. The van der Waals surface area contributed by atoms with Gasteiger partial charge in [-0.25, -0.2) is 4.79 Å². The number of allylic oxidation sites excluding steroid dienone is 1. The van der Waals surface area contributed by atoms with Crippen LogP contribution in [0.3, 0.4) is 0 Å². The number of rotatable bonds is 9. The predicted molar refractivity (Wildman–Crippen MR) is 158 cm³/mol. The van der Waals surface area contributed by atoms with Gasteiger partial charge in [-0.1, -0.05) is 13.0 Å². The van der Waals surface area contributed by atoms with Crippen molar-refractivity contribution >= 4 is 17.7 Å². The number of nitrogens with zero attached hydrogens (tertiary/aromatic N) is 1. The fourth-order valence-corrected chi connectivity index (χ4v) is 11.4. The van der Waals surface area contributed by atoms with E-state index in [0.717, 1.165) is 0 Å². The Labute approximate surface area is 263 Å². The number of hydrogen-bond donors (Lipinski definition) is 1. The molecule has 5 fully saturated rings. The summed E-state index contributed by atoms with van der Waals surface area (Å²) in [6.45, 7) is 4.80. The van der Waals surface area contributed by atoms with Gasteiger partial charge < -0.3 is 33.5 Å². The van der Waals surface area contributed by atoms with E-state index in [-0.39, 0.29) is 43.1 Å². The van der Waals surface area contributed by atoms with Crippen LogP contribution in [0.1, 0.15) is 37.0 Å². The maximum atomic E-state index is 14.0. The SMILES string of the molecule is CCN1C[C@]2(COC)C(=O)C=C[C@@]34[C@@H]5C[C@]6(O)[C@@H](OC)C[C@](OC(C)=O)(C(C(OC)[C@H]23)[C@@H]14)[C@H]5[C@H]6OC(=O)c1ccc(OC)cc1. The number of likely N-dealkylation sites (tertiary alicyclic amines) is 1. The minimum Gasteiger partial charge on any atom is -0.497 e. The first-order valence-corrected chi connectivity index (χ1v) is 15.8. The van der Waals surface area contributed by atoms with E-state index in [0.29, 0.717) is 24.4 Å². The molecule has 6 aliphatic rings. The van der Waals surface area contributed by atoms with Gasteiger partial charge in [-0.05, 0) is 49.2 Å². The van der Waals surface area contributed by atoms with Crippen LogP contribution in [0.25, 0.3) is 0 Å². The molecule has 244 valence electrons. The summed E-state index contributed by atoms with van der Waals surface area (Å²) in [6, 6.07) is 6.43. The number of aliphatic hydroxyl groups is 1. The second-order valence-electron chi connectivity index (χ2n) is 13.9. The molecular weight excluding hydrogens is 582 g/mol. The maximum Gasteiger partial charge on any atom is 0.338 e. The van der Waals surface area contributed by atoms with Crippen LogP contribution in [0.2, 0.25) is 0 Å². The minimum absolute atomic E-state index is 0.0105. The largest absolute Gasteiger partial charge is 0.497 e. The van der Waals surface area contributed by atoms with Gasteiger partial charge in [0.15, 0.2) is 5.78 Å². The van der Waals surface area contributed by atoms with Crippen LogP contribution in [-0.2, 0) is 33.3 Å². The number of piperidine rings is 1. The number of benzene rings is 1. The zero-order chi connectivity index (χ0) is 32.1. The number of carbonyl (C=O) groups is 3. The monoisotopic (exact) mass is 625 g/mol. The number of hydrogen-bond acceptors (Lipinski definition) is 11. The topological polar surface area (TPSA) is 130 Å². The molecule has 1 heterocycles. The summed E-state index contributed by atoms with van der Waals surface area (Å²) in [7, 11) is 6.34. The number of ketones is 1.